The summed E-state index contributed by atoms with van der Waals surface area (Å²) in [5.74, 6) is -0.929. The lowest BCUT2D eigenvalue weighted by molar-refractivity contribution is -0.167. The van der Waals surface area contributed by atoms with Gasteiger partial charge in [0.15, 0.2) is 6.10 Å². The highest BCUT2D eigenvalue weighted by Crippen LogP contribution is 2.14. The van der Waals surface area contributed by atoms with Gasteiger partial charge in [-0.2, -0.15) is 0 Å². The van der Waals surface area contributed by atoms with Crippen LogP contribution in [0.5, 0.6) is 0 Å². The van der Waals surface area contributed by atoms with E-state index in [0.717, 1.165) is 128 Å². The maximum atomic E-state index is 12.8. The molecule has 0 aliphatic carbocycles. The summed E-state index contributed by atoms with van der Waals surface area (Å²) in [5, 5.41) is 0. The molecule has 0 heterocycles. The predicted octanol–water partition coefficient (Wildman–Crippen LogP) is 17.6. The number of carbonyl (C=O) groups is 3. The van der Waals surface area contributed by atoms with Crippen molar-refractivity contribution in [3.05, 3.63) is 85.1 Å². The van der Waals surface area contributed by atoms with Crippen molar-refractivity contribution in [2.45, 2.75) is 252 Å². The molecule has 0 aromatic rings. The minimum atomic E-state index is -0.793. The standard InChI is InChI=1S/C58H98O6/c1-4-7-10-13-16-19-22-24-26-28-29-30-32-33-36-39-42-45-48-51-57(60)63-54-55(53-62-56(59)50-47-44-41-38-35-21-18-15-12-9-6-3)64-58(61)52-49-46-43-40-37-34-31-27-25-23-20-17-14-11-8-5-2/h7,10,15-16,18-20,23-24,26-27,29-31,55H,4-6,8-9,11-14,17,21-22,25,28,32-54H2,1-3H3/b10-7-,18-15-,19-16-,23-20-,26-24-,30-29-,31-27-. The molecule has 366 valence electrons. The number of hydrogen-bond acceptors (Lipinski definition) is 6. The fourth-order valence-corrected chi connectivity index (χ4v) is 7.09. The van der Waals surface area contributed by atoms with Crippen LogP contribution >= 0.6 is 0 Å². The maximum absolute atomic E-state index is 12.8. The highest BCUT2D eigenvalue weighted by atomic mass is 16.6. The van der Waals surface area contributed by atoms with Crippen molar-refractivity contribution in [1.82, 2.24) is 0 Å². The summed E-state index contributed by atoms with van der Waals surface area (Å²) in [5.41, 5.74) is 0. The molecule has 1 atom stereocenters. The summed E-state index contributed by atoms with van der Waals surface area (Å²) in [4.78, 5) is 38.0. The second-order valence-electron chi connectivity index (χ2n) is 17.4. The minimum absolute atomic E-state index is 0.0919. The summed E-state index contributed by atoms with van der Waals surface area (Å²) >= 11 is 0. The van der Waals surface area contributed by atoms with E-state index in [2.05, 4.69) is 106 Å². The summed E-state index contributed by atoms with van der Waals surface area (Å²) in [6.45, 7) is 6.44. The van der Waals surface area contributed by atoms with Gasteiger partial charge in [-0.1, -0.05) is 202 Å². The molecule has 0 aliphatic rings. The second kappa shape index (κ2) is 52.2. The van der Waals surface area contributed by atoms with E-state index in [1.54, 1.807) is 0 Å². The Morgan fingerprint density at radius 2 is 0.625 bits per heavy atom. The van der Waals surface area contributed by atoms with Crippen LogP contribution in [0, 0.1) is 0 Å². The largest absolute Gasteiger partial charge is 0.462 e. The van der Waals surface area contributed by atoms with Gasteiger partial charge in [0.2, 0.25) is 0 Å². The predicted molar refractivity (Wildman–Crippen MR) is 274 cm³/mol. The molecule has 1 unspecified atom stereocenters. The van der Waals surface area contributed by atoms with Crippen molar-refractivity contribution in [1.29, 1.82) is 0 Å². The summed E-state index contributed by atoms with van der Waals surface area (Å²) in [6.07, 6.45) is 67.1. The van der Waals surface area contributed by atoms with Crippen molar-refractivity contribution in [3.8, 4) is 0 Å². The van der Waals surface area contributed by atoms with Crippen LogP contribution in [0.4, 0.5) is 0 Å². The summed E-state index contributed by atoms with van der Waals surface area (Å²) in [7, 11) is 0. The Kier molecular flexibility index (Phi) is 49.4. The first kappa shape index (κ1) is 60.6. The molecule has 0 saturated heterocycles. The average molecular weight is 891 g/mol. The molecule has 0 fully saturated rings. The van der Waals surface area contributed by atoms with E-state index >= 15 is 0 Å². The van der Waals surface area contributed by atoms with E-state index < -0.39 is 6.10 Å². The zero-order valence-electron chi connectivity index (χ0n) is 41.8. The molecule has 0 saturated carbocycles. The van der Waals surface area contributed by atoms with Crippen LogP contribution < -0.4 is 0 Å². The molecule has 0 amide bonds. The quantitative estimate of drug-likeness (QED) is 0.0262. The highest BCUT2D eigenvalue weighted by molar-refractivity contribution is 5.71. The molecule has 0 bridgehead atoms. The molecule has 0 N–H and O–H groups in total. The first-order chi connectivity index (χ1) is 31.5. The summed E-state index contributed by atoms with van der Waals surface area (Å²) in [6, 6.07) is 0. The molecule has 0 aliphatic heterocycles. The van der Waals surface area contributed by atoms with Gasteiger partial charge in [0.05, 0.1) is 0 Å². The number of rotatable bonds is 47. The molecule has 64 heavy (non-hydrogen) atoms. The second-order valence-corrected chi connectivity index (χ2v) is 17.4. The smallest absolute Gasteiger partial charge is 0.306 e. The van der Waals surface area contributed by atoms with Crippen LogP contribution in [-0.2, 0) is 28.6 Å². The first-order valence-corrected chi connectivity index (χ1v) is 26.6. The molecule has 6 nitrogen and oxygen atoms in total. The Labute approximate surface area is 395 Å². The summed E-state index contributed by atoms with van der Waals surface area (Å²) < 4.78 is 16.8. The van der Waals surface area contributed by atoms with Gasteiger partial charge in [-0.15, -0.1) is 0 Å². The molecule has 0 rings (SSSR count). The number of ether oxygens (including phenoxy) is 3. The van der Waals surface area contributed by atoms with E-state index in [9.17, 15) is 14.4 Å². The SMILES string of the molecule is CC/C=C\C/C=C\C/C=C\C/C=C\CCCCCCCCC(=O)OCC(COC(=O)CCCCCCC/C=C\CCCC)OC(=O)CCCCCCC/C=C\C/C=C\CCCCCC. The van der Waals surface area contributed by atoms with Crippen molar-refractivity contribution in [2.24, 2.45) is 0 Å². The van der Waals surface area contributed by atoms with Crippen LogP contribution in [0.2, 0.25) is 0 Å². The Morgan fingerprint density at radius 3 is 1.02 bits per heavy atom. The Morgan fingerprint density at radius 1 is 0.328 bits per heavy atom. The van der Waals surface area contributed by atoms with Gasteiger partial charge in [0.25, 0.3) is 0 Å². The number of carbonyl (C=O) groups excluding carboxylic acids is 3. The van der Waals surface area contributed by atoms with Crippen molar-refractivity contribution >= 4 is 17.9 Å². The van der Waals surface area contributed by atoms with Crippen LogP contribution in [0.15, 0.2) is 85.1 Å². The van der Waals surface area contributed by atoms with Gasteiger partial charge in [-0.3, -0.25) is 14.4 Å². The topological polar surface area (TPSA) is 78.9 Å². The highest BCUT2D eigenvalue weighted by Gasteiger charge is 2.19. The molecule has 0 aromatic heterocycles. The third-order valence-electron chi connectivity index (χ3n) is 11.1. The van der Waals surface area contributed by atoms with Crippen LogP contribution in [-0.4, -0.2) is 37.2 Å². The Bertz CT molecular complexity index is 1250. The van der Waals surface area contributed by atoms with E-state index in [1.807, 2.05) is 0 Å². The molecule has 0 aromatic carbocycles. The van der Waals surface area contributed by atoms with Gasteiger partial charge in [0, 0.05) is 19.3 Å². The zero-order chi connectivity index (χ0) is 46.5. The van der Waals surface area contributed by atoms with Gasteiger partial charge in [-0.25, -0.2) is 0 Å². The third kappa shape index (κ3) is 49.6. The van der Waals surface area contributed by atoms with Crippen LogP contribution in [0.25, 0.3) is 0 Å². The van der Waals surface area contributed by atoms with Crippen molar-refractivity contribution in [2.75, 3.05) is 13.2 Å². The fourth-order valence-electron chi connectivity index (χ4n) is 7.09. The molecular weight excluding hydrogens is 793 g/mol. The molecule has 0 radical (unpaired) electrons. The molecule has 6 heteroatoms. The first-order valence-electron chi connectivity index (χ1n) is 26.6. The minimum Gasteiger partial charge on any atom is -0.462 e. The van der Waals surface area contributed by atoms with Gasteiger partial charge in [0.1, 0.15) is 13.2 Å². The fraction of sp³-hybridized carbons (Fsp3) is 0.707. The maximum Gasteiger partial charge on any atom is 0.306 e. The number of allylic oxidation sites excluding steroid dienone is 14. The third-order valence-corrected chi connectivity index (χ3v) is 11.1. The normalized spacial score (nSPS) is 12.7. The molecule has 0 spiro atoms. The van der Waals surface area contributed by atoms with Gasteiger partial charge < -0.3 is 14.2 Å². The lowest BCUT2D eigenvalue weighted by atomic mass is 10.1. The Balaban J connectivity index is 4.41. The van der Waals surface area contributed by atoms with Gasteiger partial charge in [-0.05, 0) is 109 Å². The van der Waals surface area contributed by atoms with Crippen molar-refractivity contribution in [3.63, 3.8) is 0 Å². The zero-order valence-corrected chi connectivity index (χ0v) is 41.8. The monoisotopic (exact) mass is 891 g/mol. The van der Waals surface area contributed by atoms with Gasteiger partial charge >= 0.3 is 17.9 Å². The average Bonchev–Trinajstić information content (AvgIpc) is 3.29. The van der Waals surface area contributed by atoms with E-state index in [-0.39, 0.29) is 31.1 Å². The van der Waals surface area contributed by atoms with E-state index in [0.29, 0.717) is 19.3 Å². The van der Waals surface area contributed by atoms with Crippen LogP contribution in [0.3, 0.4) is 0 Å². The molecular formula is C58H98O6. The van der Waals surface area contributed by atoms with Crippen molar-refractivity contribution < 1.29 is 28.6 Å². The number of hydrogen-bond donors (Lipinski definition) is 0. The number of unbranched alkanes of at least 4 members (excludes halogenated alkanes) is 22. The van der Waals surface area contributed by atoms with E-state index in [4.69, 9.17) is 14.2 Å². The lowest BCUT2D eigenvalue weighted by Gasteiger charge is -2.18. The number of esters is 3. The lowest BCUT2D eigenvalue weighted by Crippen LogP contribution is -2.30. The van der Waals surface area contributed by atoms with E-state index in [1.165, 1.54) is 77.0 Å². The Hall–Kier alpha value is -3.41. The van der Waals surface area contributed by atoms with Crippen LogP contribution in [0.1, 0.15) is 245 Å².